The minimum Gasteiger partial charge on any atom is -0.321 e. The van der Waals surface area contributed by atoms with E-state index < -0.39 is 10.0 Å². The molecule has 1 aliphatic rings. The molecule has 158 valence electrons. The number of hydrogen-bond acceptors (Lipinski definition) is 4. The lowest BCUT2D eigenvalue weighted by atomic mass is 10.2. The van der Waals surface area contributed by atoms with Crippen molar-refractivity contribution in [3.05, 3.63) is 59.5 Å². The first-order chi connectivity index (χ1) is 14.4. The maximum absolute atomic E-state index is 13.2. The number of pyridine rings is 1. The van der Waals surface area contributed by atoms with Gasteiger partial charge in [0.2, 0.25) is 10.0 Å². The Morgan fingerprint density at radius 3 is 2.47 bits per heavy atom. The molecule has 1 aromatic carbocycles. The Hall–Kier alpha value is -2.71. The number of rotatable bonds is 4. The largest absolute Gasteiger partial charge is 0.321 e. The number of aryl methyl sites for hydroxylation is 2. The highest BCUT2D eigenvalue weighted by Crippen LogP contribution is 2.26. The summed E-state index contributed by atoms with van der Waals surface area (Å²) in [5, 5.41) is 2.80. The number of carbonyl (C=O) groups excluding carboxylic acids is 1. The van der Waals surface area contributed by atoms with Crippen LogP contribution in [0.2, 0.25) is 0 Å². The molecule has 1 saturated heterocycles. The molecule has 1 aliphatic heterocycles. The minimum atomic E-state index is -3.60. The number of imidazole rings is 1. The van der Waals surface area contributed by atoms with Gasteiger partial charge < -0.3 is 9.72 Å². The van der Waals surface area contributed by atoms with E-state index in [1.165, 1.54) is 0 Å². The van der Waals surface area contributed by atoms with E-state index in [2.05, 4.69) is 10.3 Å². The van der Waals surface area contributed by atoms with Gasteiger partial charge in [-0.3, -0.25) is 4.79 Å². The minimum absolute atomic E-state index is 0.244. The van der Waals surface area contributed by atoms with Crippen LogP contribution in [0.25, 0.3) is 5.65 Å². The van der Waals surface area contributed by atoms with Crippen LogP contribution in [0.1, 0.15) is 47.4 Å². The molecule has 2 aromatic heterocycles. The van der Waals surface area contributed by atoms with Gasteiger partial charge in [-0.25, -0.2) is 13.4 Å². The highest BCUT2D eigenvalue weighted by Gasteiger charge is 2.27. The van der Waals surface area contributed by atoms with Gasteiger partial charge in [0.1, 0.15) is 11.3 Å². The average molecular weight is 427 g/mol. The summed E-state index contributed by atoms with van der Waals surface area (Å²) >= 11 is 0. The molecule has 1 N–H and O–H groups in total. The van der Waals surface area contributed by atoms with Gasteiger partial charge >= 0.3 is 0 Å². The maximum Gasteiger partial charge on any atom is 0.275 e. The Morgan fingerprint density at radius 1 is 1.03 bits per heavy atom. The molecular weight excluding hydrogens is 400 g/mol. The van der Waals surface area contributed by atoms with Crippen molar-refractivity contribution in [2.24, 2.45) is 0 Å². The van der Waals surface area contributed by atoms with E-state index >= 15 is 0 Å². The average Bonchev–Trinajstić information content (AvgIpc) is 2.97. The lowest BCUT2D eigenvalue weighted by molar-refractivity contribution is 0.102. The number of benzene rings is 1. The van der Waals surface area contributed by atoms with E-state index in [0.29, 0.717) is 30.0 Å². The van der Waals surface area contributed by atoms with Crippen molar-refractivity contribution < 1.29 is 13.2 Å². The van der Waals surface area contributed by atoms with Gasteiger partial charge in [0, 0.05) is 30.7 Å². The second-order valence-corrected chi connectivity index (χ2v) is 9.68. The number of fused-ring (bicyclic) bond motifs is 1. The first kappa shape index (κ1) is 20.6. The van der Waals surface area contributed by atoms with Gasteiger partial charge in [-0.15, -0.1) is 0 Å². The topological polar surface area (TPSA) is 83.8 Å². The predicted octanol–water partition coefficient (Wildman–Crippen LogP) is 3.77. The summed E-state index contributed by atoms with van der Waals surface area (Å²) in [4.78, 5) is 17.4. The predicted molar refractivity (Wildman–Crippen MR) is 116 cm³/mol. The third kappa shape index (κ3) is 3.97. The summed E-state index contributed by atoms with van der Waals surface area (Å²) < 4.78 is 29.9. The second kappa shape index (κ2) is 8.20. The van der Waals surface area contributed by atoms with Crippen LogP contribution in [0.3, 0.4) is 0 Å². The van der Waals surface area contributed by atoms with Gasteiger partial charge in [0.25, 0.3) is 5.91 Å². The summed E-state index contributed by atoms with van der Waals surface area (Å²) in [6.45, 7) is 4.80. The van der Waals surface area contributed by atoms with Crippen molar-refractivity contribution in [3.63, 3.8) is 0 Å². The zero-order chi connectivity index (χ0) is 21.3. The molecule has 3 aromatic rings. The van der Waals surface area contributed by atoms with Crippen LogP contribution in [0, 0.1) is 13.8 Å². The van der Waals surface area contributed by atoms with E-state index in [0.717, 1.165) is 31.4 Å². The summed E-state index contributed by atoms with van der Waals surface area (Å²) in [5.74, 6) is -0.375. The summed E-state index contributed by atoms with van der Waals surface area (Å²) in [5.41, 5.74) is 3.05. The van der Waals surface area contributed by atoms with Crippen molar-refractivity contribution in [3.8, 4) is 0 Å². The Bertz CT molecular complexity index is 1190. The summed E-state index contributed by atoms with van der Waals surface area (Å²) in [6, 6.07) is 10.7. The standard InChI is InChI=1S/C22H26N4O3S/c1-16-10-11-18(14-20(16)30(28,29)25-12-5-3-4-6-13-25)23-22(27)19-15-26-17(2)8-7-9-21(26)24-19/h7-11,14-15H,3-6,12-13H2,1-2H3,(H,23,27). The van der Waals surface area contributed by atoms with Crippen molar-refractivity contribution in [1.82, 2.24) is 13.7 Å². The third-order valence-corrected chi connectivity index (χ3v) is 7.60. The van der Waals surface area contributed by atoms with E-state index in [9.17, 15) is 13.2 Å². The molecule has 4 rings (SSSR count). The van der Waals surface area contributed by atoms with E-state index in [-0.39, 0.29) is 16.5 Å². The molecule has 0 spiro atoms. The van der Waals surface area contributed by atoms with Crippen LogP contribution < -0.4 is 5.32 Å². The number of nitrogens with zero attached hydrogens (tertiary/aromatic N) is 3. The van der Waals surface area contributed by atoms with Crippen LogP contribution >= 0.6 is 0 Å². The van der Waals surface area contributed by atoms with E-state index in [1.54, 1.807) is 35.6 Å². The fraction of sp³-hybridized carbons (Fsp3) is 0.364. The van der Waals surface area contributed by atoms with Crippen molar-refractivity contribution in [2.45, 2.75) is 44.4 Å². The number of anilines is 1. The number of aromatic nitrogens is 2. The smallest absolute Gasteiger partial charge is 0.275 e. The molecule has 0 atom stereocenters. The van der Waals surface area contributed by atoms with Crippen molar-refractivity contribution in [2.75, 3.05) is 18.4 Å². The van der Waals surface area contributed by atoms with Crippen molar-refractivity contribution in [1.29, 1.82) is 0 Å². The molecule has 0 radical (unpaired) electrons. The van der Waals surface area contributed by atoms with Crippen LogP contribution in [0.15, 0.2) is 47.5 Å². The molecule has 1 amide bonds. The zero-order valence-electron chi connectivity index (χ0n) is 17.3. The zero-order valence-corrected chi connectivity index (χ0v) is 18.1. The molecule has 3 heterocycles. The molecule has 7 nitrogen and oxygen atoms in total. The highest BCUT2D eigenvalue weighted by molar-refractivity contribution is 7.89. The fourth-order valence-electron chi connectivity index (χ4n) is 3.83. The summed E-state index contributed by atoms with van der Waals surface area (Å²) in [6.07, 6.45) is 5.55. The van der Waals surface area contributed by atoms with Gasteiger partial charge in [0.15, 0.2) is 0 Å². The number of nitrogens with one attached hydrogen (secondary N) is 1. The normalized spacial score (nSPS) is 15.8. The number of amides is 1. The van der Waals surface area contributed by atoms with Crippen LogP contribution in [-0.2, 0) is 10.0 Å². The maximum atomic E-state index is 13.2. The summed E-state index contributed by atoms with van der Waals surface area (Å²) in [7, 11) is -3.60. The molecule has 0 unspecified atom stereocenters. The first-order valence-corrected chi connectivity index (χ1v) is 11.7. The molecule has 1 fully saturated rings. The number of sulfonamides is 1. The SMILES string of the molecule is Cc1ccc(NC(=O)c2cn3c(C)cccc3n2)cc1S(=O)(=O)N1CCCCCC1. The molecule has 30 heavy (non-hydrogen) atoms. The van der Waals surface area contributed by atoms with Crippen LogP contribution in [-0.4, -0.2) is 41.1 Å². The Morgan fingerprint density at radius 2 is 1.77 bits per heavy atom. The Kier molecular flexibility index (Phi) is 5.62. The molecular formula is C22H26N4O3S. The van der Waals surface area contributed by atoms with Gasteiger partial charge in [-0.05, 0) is 56.5 Å². The first-order valence-electron chi connectivity index (χ1n) is 10.2. The molecule has 8 heteroatoms. The molecule has 0 saturated carbocycles. The fourth-order valence-corrected chi connectivity index (χ4v) is 5.60. The van der Waals surface area contributed by atoms with Crippen LogP contribution in [0.5, 0.6) is 0 Å². The van der Waals surface area contributed by atoms with Gasteiger partial charge in [-0.2, -0.15) is 4.31 Å². The lowest BCUT2D eigenvalue weighted by Crippen LogP contribution is -2.32. The number of hydrogen-bond donors (Lipinski definition) is 1. The molecule has 0 bridgehead atoms. The van der Waals surface area contributed by atoms with Gasteiger partial charge in [0.05, 0.1) is 4.90 Å². The van der Waals surface area contributed by atoms with Crippen molar-refractivity contribution >= 4 is 27.3 Å². The van der Waals surface area contributed by atoms with Gasteiger partial charge in [-0.1, -0.05) is 25.0 Å². The highest BCUT2D eigenvalue weighted by atomic mass is 32.2. The number of carbonyl (C=O) groups is 1. The molecule has 0 aliphatic carbocycles. The Labute approximate surface area is 176 Å². The second-order valence-electron chi connectivity index (χ2n) is 7.77. The lowest BCUT2D eigenvalue weighted by Gasteiger charge is -2.21. The Balaban J connectivity index is 1.61. The monoisotopic (exact) mass is 426 g/mol. The van der Waals surface area contributed by atoms with E-state index in [4.69, 9.17) is 0 Å². The third-order valence-electron chi connectivity index (χ3n) is 5.56. The van der Waals surface area contributed by atoms with Crippen LogP contribution in [0.4, 0.5) is 5.69 Å². The quantitative estimate of drug-likeness (QED) is 0.688. The van der Waals surface area contributed by atoms with E-state index in [1.807, 2.05) is 29.5 Å².